The van der Waals surface area contributed by atoms with Crippen molar-refractivity contribution in [2.45, 2.75) is 39.2 Å². The molecular weight excluding hydrogens is 336 g/mol. The number of benzene rings is 2. The summed E-state index contributed by atoms with van der Waals surface area (Å²) in [6.45, 7) is 3.06. The molecule has 0 amide bonds. The van der Waals surface area contributed by atoms with Crippen molar-refractivity contribution in [3.05, 3.63) is 69.7 Å². The van der Waals surface area contributed by atoms with E-state index in [-0.39, 0.29) is 12.4 Å². The first kappa shape index (κ1) is 19.6. The average molecular weight is 361 g/mol. The van der Waals surface area contributed by atoms with E-state index in [2.05, 4.69) is 31.2 Å². The van der Waals surface area contributed by atoms with Crippen LogP contribution >= 0.6 is 11.6 Å². The monoisotopic (exact) mass is 360 g/mol. The van der Waals surface area contributed by atoms with Crippen molar-refractivity contribution in [1.29, 1.82) is 0 Å². The number of hydrogen-bond donors (Lipinski definition) is 1. The van der Waals surface area contributed by atoms with E-state index in [0.29, 0.717) is 36.6 Å². The van der Waals surface area contributed by atoms with Crippen LogP contribution < -0.4 is 0 Å². The third-order valence-corrected chi connectivity index (χ3v) is 4.42. The molecule has 0 aromatic heterocycles. The smallest absolute Gasteiger partial charge is 0.162 e. The van der Waals surface area contributed by atoms with Crippen LogP contribution in [0.5, 0.6) is 0 Å². The molecule has 3 nitrogen and oxygen atoms in total. The molecular formula is C21H25ClO3. The van der Waals surface area contributed by atoms with Crippen LogP contribution in [0.15, 0.2) is 42.5 Å². The molecule has 1 N–H and O–H groups in total. The molecule has 25 heavy (non-hydrogen) atoms. The van der Waals surface area contributed by atoms with Crippen LogP contribution in [0, 0.1) is 6.92 Å². The zero-order valence-corrected chi connectivity index (χ0v) is 15.4. The fourth-order valence-electron chi connectivity index (χ4n) is 2.54. The maximum atomic E-state index is 12.3. The highest BCUT2D eigenvalue weighted by Gasteiger charge is 2.09. The molecule has 2 aromatic carbocycles. The van der Waals surface area contributed by atoms with Crippen molar-refractivity contribution in [1.82, 2.24) is 0 Å². The lowest BCUT2D eigenvalue weighted by Crippen LogP contribution is -2.02. The molecule has 2 rings (SSSR count). The number of rotatable bonds is 10. The second kappa shape index (κ2) is 10.3. The first-order valence-corrected chi connectivity index (χ1v) is 9.03. The van der Waals surface area contributed by atoms with E-state index in [1.54, 1.807) is 6.07 Å². The Hall–Kier alpha value is -1.68. The summed E-state index contributed by atoms with van der Waals surface area (Å²) in [5.74, 6) is 0.113. The fraction of sp³-hybridized carbons (Fsp3) is 0.381. The van der Waals surface area contributed by atoms with Gasteiger partial charge in [-0.05, 0) is 43.4 Å². The molecule has 0 radical (unpaired) electrons. The van der Waals surface area contributed by atoms with E-state index in [0.717, 1.165) is 18.4 Å². The van der Waals surface area contributed by atoms with E-state index in [1.807, 2.05) is 12.1 Å². The Kier molecular flexibility index (Phi) is 8.13. The molecule has 0 heterocycles. The molecule has 0 aliphatic heterocycles. The van der Waals surface area contributed by atoms with Gasteiger partial charge < -0.3 is 9.84 Å². The second-order valence-corrected chi connectivity index (χ2v) is 6.61. The first-order chi connectivity index (χ1) is 12.1. The summed E-state index contributed by atoms with van der Waals surface area (Å²) in [4.78, 5) is 12.3. The molecule has 0 spiro atoms. The maximum Gasteiger partial charge on any atom is 0.162 e. The van der Waals surface area contributed by atoms with E-state index in [9.17, 15) is 4.79 Å². The number of hydrogen-bond acceptors (Lipinski definition) is 3. The largest absolute Gasteiger partial charge is 0.396 e. The Morgan fingerprint density at radius 3 is 2.56 bits per heavy atom. The van der Waals surface area contributed by atoms with Gasteiger partial charge in [0.05, 0.1) is 6.61 Å². The molecule has 0 bridgehead atoms. The van der Waals surface area contributed by atoms with E-state index < -0.39 is 0 Å². The van der Waals surface area contributed by atoms with Gasteiger partial charge in [-0.3, -0.25) is 4.79 Å². The zero-order chi connectivity index (χ0) is 18.1. The van der Waals surface area contributed by atoms with Gasteiger partial charge in [-0.2, -0.15) is 0 Å². The normalized spacial score (nSPS) is 10.8. The van der Waals surface area contributed by atoms with Gasteiger partial charge in [0, 0.05) is 30.2 Å². The highest BCUT2D eigenvalue weighted by atomic mass is 35.5. The summed E-state index contributed by atoms with van der Waals surface area (Å²) in [6, 6.07) is 13.8. The van der Waals surface area contributed by atoms with Gasteiger partial charge >= 0.3 is 0 Å². The number of carbonyl (C=O) groups excluding carboxylic acids is 1. The van der Waals surface area contributed by atoms with E-state index in [4.69, 9.17) is 21.4 Å². The SMILES string of the molecule is Cc1ccc(CCCC(=O)c2ccc(COCCCO)c(Cl)c2)cc1. The van der Waals surface area contributed by atoms with Crippen LogP contribution in [-0.2, 0) is 17.8 Å². The average Bonchev–Trinajstić information content (AvgIpc) is 2.61. The molecule has 2 aromatic rings. The van der Waals surface area contributed by atoms with Crippen LogP contribution in [-0.4, -0.2) is 24.1 Å². The molecule has 4 heteroatoms. The fourth-order valence-corrected chi connectivity index (χ4v) is 2.77. The Morgan fingerprint density at radius 2 is 1.88 bits per heavy atom. The molecule has 134 valence electrons. The summed E-state index contributed by atoms with van der Waals surface area (Å²) in [5.41, 5.74) is 4.01. The van der Waals surface area contributed by atoms with Gasteiger partial charge in [-0.15, -0.1) is 0 Å². The third-order valence-electron chi connectivity index (χ3n) is 4.07. The molecule has 0 saturated heterocycles. The van der Waals surface area contributed by atoms with Gasteiger partial charge in [0.1, 0.15) is 0 Å². The van der Waals surface area contributed by atoms with Gasteiger partial charge in [0.15, 0.2) is 5.78 Å². The zero-order valence-electron chi connectivity index (χ0n) is 14.6. The Balaban J connectivity index is 1.82. The summed E-state index contributed by atoms with van der Waals surface area (Å²) >= 11 is 6.25. The van der Waals surface area contributed by atoms with E-state index in [1.165, 1.54) is 11.1 Å². The number of aliphatic hydroxyl groups excluding tert-OH is 1. The van der Waals surface area contributed by atoms with Crippen LogP contribution in [0.4, 0.5) is 0 Å². The molecule has 0 aliphatic carbocycles. The lowest BCUT2D eigenvalue weighted by molar-refractivity contribution is 0.0978. The second-order valence-electron chi connectivity index (χ2n) is 6.20. The highest BCUT2D eigenvalue weighted by Crippen LogP contribution is 2.20. The number of Topliss-reactive ketones (excluding diaryl/α,β-unsaturated/α-hetero) is 1. The number of ether oxygens (including phenoxy) is 1. The molecule has 0 atom stereocenters. The predicted octanol–water partition coefficient (Wildman–Crippen LogP) is 4.75. The number of aliphatic hydroxyl groups is 1. The van der Waals surface area contributed by atoms with Crippen molar-refractivity contribution in [2.24, 2.45) is 0 Å². The van der Waals surface area contributed by atoms with Crippen LogP contribution in [0.3, 0.4) is 0 Å². The molecule has 0 aliphatic rings. The lowest BCUT2D eigenvalue weighted by atomic mass is 10.0. The topological polar surface area (TPSA) is 46.5 Å². The molecule has 0 saturated carbocycles. The van der Waals surface area contributed by atoms with Crippen molar-refractivity contribution < 1.29 is 14.6 Å². The predicted molar refractivity (Wildman–Crippen MR) is 101 cm³/mol. The minimum atomic E-state index is 0.113. The third kappa shape index (κ3) is 6.62. The van der Waals surface area contributed by atoms with Gasteiger partial charge in [0.2, 0.25) is 0 Å². The van der Waals surface area contributed by atoms with Crippen molar-refractivity contribution in [3.8, 4) is 0 Å². The Bertz CT molecular complexity index is 680. The van der Waals surface area contributed by atoms with Crippen molar-refractivity contribution in [2.75, 3.05) is 13.2 Å². The highest BCUT2D eigenvalue weighted by molar-refractivity contribution is 6.31. The minimum absolute atomic E-state index is 0.113. The Morgan fingerprint density at radius 1 is 1.12 bits per heavy atom. The van der Waals surface area contributed by atoms with E-state index >= 15 is 0 Å². The maximum absolute atomic E-state index is 12.3. The minimum Gasteiger partial charge on any atom is -0.396 e. The van der Waals surface area contributed by atoms with Gasteiger partial charge in [0.25, 0.3) is 0 Å². The van der Waals surface area contributed by atoms with Crippen molar-refractivity contribution >= 4 is 17.4 Å². The Labute approximate surface area is 154 Å². The van der Waals surface area contributed by atoms with Crippen molar-refractivity contribution in [3.63, 3.8) is 0 Å². The molecule has 0 fully saturated rings. The standard InChI is InChI=1S/C21H25ClO3/c1-16-6-8-17(9-7-16)4-2-5-21(24)18-10-11-19(20(22)14-18)15-25-13-3-12-23/h6-11,14,23H,2-5,12-13,15H2,1H3. The quantitative estimate of drug-likeness (QED) is 0.491. The van der Waals surface area contributed by atoms with Crippen LogP contribution in [0.2, 0.25) is 5.02 Å². The summed E-state index contributed by atoms with van der Waals surface area (Å²) in [6.07, 6.45) is 2.84. The number of ketones is 1. The number of aryl methyl sites for hydroxylation is 2. The number of halogens is 1. The summed E-state index contributed by atoms with van der Waals surface area (Å²) in [5, 5.41) is 9.28. The van der Waals surface area contributed by atoms with Crippen LogP contribution in [0.25, 0.3) is 0 Å². The first-order valence-electron chi connectivity index (χ1n) is 8.66. The van der Waals surface area contributed by atoms with Crippen LogP contribution in [0.1, 0.15) is 46.3 Å². The lowest BCUT2D eigenvalue weighted by Gasteiger charge is -2.08. The number of carbonyl (C=O) groups is 1. The summed E-state index contributed by atoms with van der Waals surface area (Å²) in [7, 11) is 0. The summed E-state index contributed by atoms with van der Waals surface area (Å²) < 4.78 is 5.43. The van der Waals surface area contributed by atoms with Gasteiger partial charge in [-0.25, -0.2) is 0 Å². The molecule has 0 unspecified atom stereocenters. The van der Waals surface area contributed by atoms with Gasteiger partial charge in [-0.1, -0.05) is 53.6 Å².